The Morgan fingerprint density at radius 3 is 1.38 bits per heavy atom. The van der Waals surface area contributed by atoms with Gasteiger partial charge in [-0.05, 0) is 66.9 Å². The van der Waals surface area contributed by atoms with E-state index >= 15 is 0 Å². The number of halogens is 4. The number of esters is 1. The number of benzene rings is 4. The van der Waals surface area contributed by atoms with E-state index in [1.807, 2.05) is 26.0 Å². The second-order valence-corrected chi connectivity index (χ2v) is 11.5. The minimum atomic E-state index is -0.803. The second kappa shape index (κ2) is 17.0. The molecule has 0 heterocycles. The number of carbonyl (C=O) groups is 3. The Hall–Kier alpha value is -4.35. The fourth-order valence-corrected chi connectivity index (χ4v) is 4.85. The van der Waals surface area contributed by atoms with Crippen molar-refractivity contribution in [3.8, 4) is 23.0 Å². The van der Waals surface area contributed by atoms with Crippen molar-refractivity contribution in [2.75, 3.05) is 17.2 Å². The molecule has 4 aromatic carbocycles. The highest BCUT2D eigenvalue weighted by Gasteiger charge is 2.23. The minimum Gasteiger partial charge on any atom is -0.505 e. The van der Waals surface area contributed by atoms with Gasteiger partial charge in [0.25, 0.3) is 11.8 Å². The van der Waals surface area contributed by atoms with E-state index < -0.39 is 46.3 Å². The third-order valence-electron chi connectivity index (χ3n) is 6.54. The third-order valence-corrected chi connectivity index (χ3v) is 7.70. The van der Waals surface area contributed by atoms with Gasteiger partial charge in [-0.3, -0.25) is 9.59 Å². The highest BCUT2D eigenvalue weighted by Crippen LogP contribution is 2.41. The lowest BCUT2D eigenvalue weighted by atomic mass is 10.1. The molecule has 0 aliphatic heterocycles. The largest absolute Gasteiger partial charge is 0.505 e. The van der Waals surface area contributed by atoms with Gasteiger partial charge in [0.05, 0.1) is 32.3 Å². The molecule has 0 saturated heterocycles. The number of aryl methyl sites for hydroxylation is 1. The molecule has 4 aromatic rings. The molecule has 0 bridgehead atoms. The fraction of sp³-hybridized carbons (Fsp3) is 0.182. The zero-order valence-corrected chi connectivity index (χ0v) is 28.1. The SMILES string of the molecule is CCCCOC(=O)c1ccc(NC(=O)c2c(O)c(Cl)cc(Cl)c2O)cc1.CCc1ccc(NC(=O)c2c(O)c(Cl)cc(Cl)c2O)cc1. The first-order valence-electron chi connectivity index (χ1n) is 14.1. The van der Waals surface area contributed by atoms with Gasteiger partial charge in [0.1, 0.15) is 11.1 Å². The Kier molecular flexibility index (Phi) is 13.4. The van der Waals surface area contributed by atoms with Crippen molar-refractivity contribution < 1.29 is 39.5 Å². The molecule has 2 amide bonds. The van der Waals surface area contributed by atoms with Crippen LogP contribution in [0.5, 0.6) is 23.0 Å². The van der Waals surface area contributed by atoms with Crippen LogP contribution in [0.25, 0.3) is 0 Å². The number of hydrogen-bond acceptors (Lipinski definition) is 8. The van der Waals surface area contributed by atoms with E-state index in [1.165, 1.54) is 30.3 Å². The van der Waals surface area contributed by atoms with Gasteiger partial charge in [0, 0.05) is 11.4 Å². The number of hydrogen-bond donors (Lipinski definition) is 6. The van der Waals surface area contributed by atoms with Crippen molar-refractivity contribution >= 4 is 75.6 Å². The standard InChI is InChI=1S/C18H17Cl2NO5.C15H13Cl2NO3/c1-2-3-8-26-18(25)10-4-6-11(7-5-10)21-17(24)14-15(22)12(19)9-13(20)16(14)23;1-2-8-3-5-9(6-4-8)18-15(21)12-13(19)10(16)7-11(17)14(12)20/h4-7,9,22-23H,2-3,8H2,1H3,(H,21,24);3-7,19-20H,2H2,1H3,(H,18,21). The van der Waals surface area contributed by atoms with E-state index in [-0.39, 0.29) is 25.7 Å². The number of ether oxygens (including phenoxy) is 1. The van der Waals surface area contributed by atoms with Gasteiger partial charge in [-0.1, -0.05) is 78.8 Å². The van der Waals surface area contributed by atoms with E-state index in [9.17, 15) is 34.8 Å². The number of phenols is 4. The van der Waals surface area contributed by atoms with Crippen molar-refractivity contribution in [3.63, 3.8) is 0 Å². The number of unbranched alkanes of at least 4 members (excludes halogenated alkanes) is 1. The summed E-state index contributed by atoms with van der Waals surface area (Å²) in [5, 5.41) is 44.0. The first-order valence-corrected chi connectivity index (χ1v) is 15.6. The van der Waals surface area contributed by atoms with Crippen LogP contribution in [0, 0.1) is 0 Å². The Morgan fingerprint density at radius 2 is 1.02 bits per heavy atom. The molecule has 0 aliphatic carbocycles. The lowest BCUT2D eigenvalue weighted by Gasteiger charge is -2.11. The smallest absolute Gasteiger partial charge is 0.338 e. The van der Waals surface area contributed by atoms with E-state index in [0.717, 1.165) is 30.9 Å². The van der Waals surface area contributed by atoms with Crippen molar-refractivity contribution in [2.24, 2.45) is 0 Å². The van der Waals surface area contributed by atoms with Crippen molar-refractivity contribution in [1.29, 1.82) is 0 Å². The molecule has 0 spiro atoms. The summed E-state index contributed by atoms with van der Waals surface area (Å²) >= 11 is 23.0. The van der Waals surface area contributed by atoms with Gasteiger partial charge in [0.2, 0.25) is 0 Å². The molecule has 6 N–H and O–H groups in total. The van der Waals surface area contributed by atoms with E-state index in [0.29, 0.717) is 23.5 Å². The number of phenolic OH excluding ortho intramolecular Hbond substituents is 4. The highest BCUT2D eigenvalue weighted by atomic mass is 35.5. The van der Waals surface area contributed by atoms with Crippen LogP contribution in [0.4, 0.5) is 11.4 Å². The summed E-state index contributed by atoms with van der Waals surface area (Å²) in [5.74, 6) is -4.14. The lowest BCUT2D eigenvalue weighted by molar-refractivity contribution is 0.0499. The molecule has 0 fully saturated rings. The topological polar surface area (TPSA) is 165 Å². The summed E-state index contributed by atoms with van der Waals surface area (Å²) in [6, 6.07) is 15.5. The number of carbonyl (C=O) groups excluding carboxylic acids is 3. The predicted octanol–water partition coefficient (Wildman–Crippen LogP) is 8.83. The Labute approximate surface area is 290 Å². The third kappa shape index (κ3) is 9.59. The van der Waals surface area contributed by atoms with Gasteiger partial charge < -0.3 is 35.8 Å². The van der Waals surface area contributed by atoms with Crippen molar-refractivity contribution in [3.05, 3.63) is 103 Å². The molecule has 14 heteroatoms. The lowest BCUT2D eigenvalue weighted by Crippen LogP contribution is -2.13. The van der Waals surface area contributed by atoms with Gasteiger partial charge in [0.15, 0.2) is 23.0 Å². The monoisotopic (exact) mass is 722 g/mol. The first-order chi connectivity index (χ1) is 22.3. The maximum atomic E-state index is 12.3. The molecule has 0 radical (unpaired) electrons. The summed E-state index contributed by atoms with van der Waals surface area (Å²) in [6.45, 7) is 4.37. The van der Waals surface area contributed by atoms with Crippen LogP contribution >= 0.6 is 46.4 Å². The van der Waals surface area contributed by atoms with Crippen LogP contribution in [0.1, 0.15) is 63.3 Å². The van der Waals surface area contributed by atoms with Crippen molar-refractivity contribution in [2.45, 2.75) is 33.1 Å². The molecule has 47 heavy (non-hydrogen) atoms. The molecule has 0 unspecified atom stereocenters. The zero-order chi connectivity index (χ0) is 34.8. The first kappa shape index (κ1) is 37.1. The summed E-state index contributed by atoms with van der Waals surface area (Å²) in [4.78, 5) is 36.3. The normalized spacial score (nSPS) is 10.4. The maximum Gasteiger partial charge on any atom is 0.338 e. The molecule has 10 nitrogen and oxygen atoms in total. The van der Waals surface area contributed by atoms with Gasteiger partial charge >= 0.3 is 5.97 Å². The molecule has 4 rings (SSSR count). The molecule has 248 valence electrons. The second-order valence-electron chi connectivity index (χ2n) is 9.85. The molecule has 0 aliphatic rings. The molecule has 0 atom stereocenters. The quantitative estimate of drug-likeness (QED) is 0.0736. The number of aromatic hydroxyl groups is 4. The minimum absolute atomic E-state index is 0.107. The van der Waals surface area contributed by atoms with Gasteiger partial charge in [-0.25, -0.2) is 4.79 Å². The number of nitrogens with one attached hydrogen (secondary N) is 2. The van der Waals surface area contributed by atoms with Crippen molar-refractivity contribution in [1.82, 2.24) is 0 Å². The summed E-state index contributed by atoms with van der Waals surface area (Å²) < 4.78 is 5.09. The Morgan fingerprint density at radius 1 is 0.638 bits per heavy atom. The van der Waals surface area contributed by atoms with Gasteiger partial charge in [-0.15, -0.1) is 0 Å². The average molecular weight is 724 g/mol. The van der Waals surface area contributed by atoms with Crippen LogP contribution in [0.15, 0.2) is 60.7 Å². The van der Waals surface area contributed by atoms with Crippen LogP contribution < -0.4 is 10.6 Å². The fourth-order valence-electron chi connectivity index (χ4n) is 3.92. The average Bonchev–Trinajstić information content (AvgIpc) is 3.04. The summed E-state index contributed by atoms with van der Waals surface area (Å²) in [5.41, 5.74) is 1.56. The van der Waals surface area contributed by atoms with Crippen LogP contribution in [-0.2, 0) is 11.2 Å². The van der Waals surface area contributed by atoms with E-state index in [2.05, 4.69) is 10.6 Å². The molecular weight excluding hydrogens is 694 g/mol. The zero-order valence-electron chi connectivity index (χ0n) is 25.0. The van der Waals surface area contributed by atoms with Crippen LogP contribution in [0.2, 0.25) is 20.1 Å². The summed E-state index contributed by atoms with van der Waals surface area (Å²) in [7, 11) is 0. The predicted molar refractivity (Wildman–Crippen MR) is 183 cm³/mol. The molecule has 0 aromatic heterocycles. The van der Waals surface area contributed by atoms with E-state index in [1.54, 1.807) is 12.1 Å². The molecular formula is C33H30Cl4N2O8. The molecule has 0 saturated carbocycles. The number of amides is 2. The Balaban J connectivity index is 0.000000261. The van der Waals surface area contributed by atoms with Gasteiger partial charge in [-0.2, -0.15) is 0 Å². The maximum absolute atomic E-state index is 12.3. The number of rotatable bonds is 9. The highest BCUT2D eigenvalue weighted by molar-refractivity contribution is 6.38. The summed E-state index contributed by atoms with van der Waals surface area (Å²) in [6.07, 6.45) is 2.60. The van der Waals surface area contributed by atoms with E-state index in [4.69, 9.17) is 51.1 Å². The van der Waals surface area contributed by atoms with Crippen LogP contribution in [-0.4, -0.2) is 44.8 Å². The van der Waals surface area contributed by atoms with Crippen LogP contribution in [0.3, 0.4) is 0 Å². The number of anilines is 2. The Bertz CT molecular complexity index is 1710.